The maximum Gasteiger partial charge on any atom is 0.243 e. The second-order valence-electron chi connectivity index (χ2n) is 7.90. The molecule has 0 aliphatic carbocycles. The molecule has 160 valence electrons. The van der Waals surface area contributed by atoms with Crippen LogP contribution in [0.2, 0.25) is 0 Å². The van der Waals surface area contributed by atoms with Crippen LogP contribution in [0.3, 0.4) is 0 Å². The summed E-state index contributed by atoms with van der Waals surface area (Å²) < 4.78 is 0. The van der Waals surface area contributed by atoms with Gasteiger partial charge in [-0.15, -0.1) is 0 Å². The van der Waals surface area contributed by atoms with Crippen LogP contribution in [0.25, 0.3) is 11.4 Å². The molecule has 4 N–H and O–H groups in total. The zero-order chi connectivity index (χ0) is 21.7. The molecule has 1 aromatic heterocycles. The Morgan fingerprint density at radius 2 is 1.90 bits per heavy atom. The van der Waals surface area contributed by atoms with Crippen LogP contribution in [0, 0.1) is 5.92 Å². The molecule has 2 heterocycles. The molecule has 1 aliphatic heterocycles. The normalized spacial score (nSPS) is 18.3. The molecule has 1 fully saturated rings. The van der Waals surface area contributed by atoms with Gasteiger partial charge in [0, 0.05) is 24.5 Å². The minimum Gasteiger partial charge on any atom is -0.394 e. The van der Waals surface area contributed by atoms with Crippen LogP contribution in [0.5, 0.6) is 0 Å². The molecule has 0 bridgehead atoms. The van der Waals surface area contributed by atoms with Gasteiger partial charge in [0.25, 0.3) is 0 Å². The van der Waals surface area contributed by atoms with Gasteiger partial charge in [-0.3, -0.25) is 9.59 Å². The minimum atomic E-state index is -0.625. The van der Waals surface area contributed by atoms with E-state index in [0.29, 0.717) is 18.8 Å². The van der Waals surface area contributed by atoms with E-state index in [2.05, 4.69) is 15.3 Å². The average Bonchev–Trinajstić information content (AvgIpc) is 3.27. The van der Waals surface area contributed by atoms with Gasteiger partial charge in [-0.25, -0.2) is 9.97 Å². The van der Waals surface area contributed by atoms with E-state index < -0.39 is 18.1 Å². The number of aliphatic hydroxyl groups is 1. The van der Waals surface area contributed by atoms with E-state index in [0.717, 1.165) is 17.5 Å². The number of hydrogen-bond donors (Lipinski definition) is 3. The second kappa shape index (κ2) is 9.77. The fourth-order valence-corrected chi connectivity index (χ4v) is 3.59. The minimum absolute atomic E-state index is 0.000824. The molecule has 0 spiro atoms. The summed E-state index contributed by atoms with van der Waals surface area (Å²) in [4.78, 5) is 35.6. The fraction of sp³-hybridized carbons (Fsp3) is 0.455. The number of rotatable bonds is 7. The molecule has 2 amide bonds. The lowest BCUT2D eigenvalue weighted by Crippen LogP contribution is -2.53. The van der Waals surface area contributed by atoms with Gasteiger partial charge in [0.15, 0.2) is 5.82 Å². The third-order valence-corrected chi connectivity index (χ3v) is 5.48. The maximum atomic E-state index is 12.9. The third-order valence-electron chi connectivity index (χ3n) is 5.48. The van der Waals surface area contributed by atoms with E-state index in [1.807, 2.05) is 38.1 Å². The molecule has 2 aromatic rings. The third kappa shape index (κ3) is 4.83. The van der Waals surface area contributed by atoms with Crippen molar-refractivity contribution in [3.05, 3.63) is 48.3 Å². The van der Waals surface area contributed by atoms with Crippen LogP contribution in [-0.2, 0) is 9.59 Å². The number of likely N-dealkylation sites (tertiary alicyclic amines) is 1. The van der Waals surface area contributed by atoms with Crippen LogP contribution < -0.4 is 11.1 Å². The summed E-state index contributed by atoms with van der Waals surface area (Å²) in [5.74, 6) is 0.135. The largest absolute Gasteiger partial charge is 0.394 e. The lowest BCUT2D eigenvalue weighted by Gasteiger charge is -2.29. The molecule has 30 heavy (non-hydrogen) atoms. The van der Waals surface area contributed by atoms with Crippen molar-refractivity contribution in [1.29, 1.82) is 0 Å². The summed E-state index contributed by atoms with van der Waals surface area (Å²) >= 11 is 0. The van der Waals surface area contributed by atoms with E-state index in [-0.39, 0.29) is 24.3 Å². The van der Waals surface area contributed by atoms with Gasteiger partial charge in [-0.1, -0.05) is 38.1 Å². The predicted octanol–water partition coefficient (Wildman–Crippen LogP) is 1.27. The first-order valence-corrected chi connectivity index (χ1v) is 10.3. The molecule has 0 radical (unpaired) electrons. The molecule has 1 aliphatic rings. The number of nitrogens with one attached hydrogen (secondary N) is 1. The highest BCUT2D eigenvalue weighted by Crippen LogP contribution is 2.22. The Labute approximate surface area is 176 Å². The molecule has 1 saturated heterocycles. The van der Waals surface area contributed by atoms with E-state index in [9.17, 15) is 14.7 Å². The van der Waals surface area contributed by atoms with E-state index in [4.69, 9.17) is 5.73 Å². The SMILES string of the molecule is CC(C)C(N)C(=O)N1CCCC1C(=O)NC(CO)c1ccc(-c2ncccn2)cc1. The average molecular weight is 412 g/mol. The van der Waals surface area contributed by atoms with Crippen molar-refractivity contribution < 1.29 is 14.7 Å². The number of hydrogen-bond acceptors (Lipinski definition) is 6. The van der Waals surface area contributed by atoms with Crippen LogP contribution in [-0.4, -0.2) is 57.0 Å². The molecule has 0 saturated carbocycles. The first-order valence-electron chi connectivity index (χ1n) is 10.3. The molecule has 1 aromatic carbocycles. The first-order chi connectivity index (χ1) is 14.4. The van der Waals surface area contributed by atoms with Gasteiger partial charge in [0.2, 0.25) is 11.8 Å². The van der Waals surface area contributed by atoms with Crippen LogP contribution in [0.1, 0.15) is 38.3 Å². The predicted molar refractivity (Wildman–Crippen MR) is 113 cm³/mol. The van der Waals surface area contributed by atoms with Crippen molar-refractivity contribution in [2.75, 3.05) is 13.2 Å². The van der Waals surface area contributed by atoms with Crippen LogP contribution in [0.4, 0.5) is 0 Å². The molecular weight excluding hydrogens is 382 g/mol. The molecule has 8 nitrogen and oxygen atoms in total. The summed E-state index contributed by atoms with van der Waals surface area (Å²) in [7, 11) is 0. The molecule has 3 rings (SSSR count). The van der Waals surface area contributed by atoms with Crippen molar-refractivity contribution in [3.63, 3.8) is 0 Å². The number of benzene rings is 1. The lowest BCUT2D eigenvalue weighted by atomic mass is 10.0. The van der Waals surface area contributed by atoms with Crippen LogP contribution >= 0.6 is 0 Å². The quantitative estimate of drug-likeness (QED) is 0.631. The topological polar surface area (TPSA) is 121 Å². The van der Waals surface area contributed by atoms with E-state index >= 15 is 0 Å². The van der Waals surface area contributed by atoms with Crippen molar-refractivity contribution in [3.8, 4) is 11.4 Å². The highest BCUT2D eigenvalue weighted by molar-refractivity contribution is 5.90. The molecule has 3 atom stereocenters. The summed E-state index contributed by atoms with van der Waals surface area (Å²) in [5.41, 5.74) is 7.62. The Hall–Kier alpha value is -2.84. The zero-order valence-electron chi connectivity index (χ0n) is 17.4. The lowest BCUT2D eigenvalue weighted by molar-refractivity contribution is -0.140. The Bertz CT molecular complexity index is 857. The summed E-state index contributed by atoms with van der Waals surface area (Å²) in [6.07, 6.45) is 4.69. The standard InChI is InChI=1S/C22H29N5O3/c1-14(2)19(23)22(30)27-12-3-5-18(27)21(29)26-17(13-28)15-6-8-16(9-7-15)20-24-10-4-11-25-20/h4,6-11,14,17-19,28H,3,5,12-13,23H2,1-2H3,(H,26,29). The first kappa shape index (κ1) is 21.9. The zero-order valence-corrected chi connectivity index (χ0v) is 17.4. The molecule has 3 unspecified atom stereocenters. The number of amides is 2. The van der Waals surface area contributed by atoms with Gasteiger partial charge in [-0.2, -0.15) is 0 Å². The van der Waals surface area contributed by atoms with Crippen molar-refractivity contribution >= 4 is 11.8 Å². The van der Waals surface area contributed by atoms with E-state index in [1.165, 1.54) is 0 Å². The number of carbonyl (C=O) groups excluding carboxylic acids is 2. The van der Waals surface area contributed by atoms with Gasteiger partial charge in [-0.05, 0) is 30.4 Å². The summed E-state index contributed by atoms with van der Waals surface area (Å²) in [6.45, 7) is 4.05. The number of aliphatic hydroxyl groups excluding tert-OH is 1. The summed E-state index contributed by atoms with van der Waals surface area (Å²) in [5, 5.41) is 12.7. The number of aromatic nitrogens is 2. The van der Waals surface area contributed by atoms with Gasteiger partial charge >= 0.3 is 0 Å². The Morgan fingerprint density at radius 3 is 2.50 bits per heavy atom. The van der Waals surface area contributed by atoms with Crippen molar-refractivity contribution in [2.45, 2.75) is 44.8 Å². The number of nitrogens with two attached hydrogens (primary N) is 1. The monoisotopic (exact) mass is 411 g/mol. The van der Waals surface area contributed by atoms with Crippen molar-refractivity contribution in [1.82, 2.24) is 20.2 Å². The second-order valence-corrected chi connectivity index (χ2v) is 7.90. The highest BCUT2D eigenvalue weighted by Gasteiger charge is 2.37. The van der Waals surface area contributed by atoms with Gasteiger partial charge in [0.05, 0.1) is 18.7 Å². The Morgan fingerprint density at radius 1 is 1.23 bits per heavy atom. The van der Waals surface area contributed by atoms with Gasteiger partial charge < -0.3 is 21.1 Å². The Kier molecular flexibility index (Phi) is 7.12. The molecule has 8 heteroatoms. The van der Waals surface area contributed by atoms with Gasteiger partial charge in [0.1, 0.15) is 6.04 Å². The maximum absolute atomic E-state index is 12.9. The van der Waals surface area contributed by atoms with E-state index in [1.54, 1.807) is 23.4 Å². The fourth-order valence-electron chi connectivity index (χ4n) is 3.59. The number of carbonyl (C=O) groups is 2. The van der Waals surface area contributed by atoms with Crippen molar-refractivity contribution in [2.24, 2.45) is 11.7 Å². The summed E-state index contributed by atoms with van der Waals surface area (Å²) in [6, 6.07) is 7.37. The highest BCUT2D eigenvalue weighted by atomic mass is 16.3. The smallest absolute Gasteiger partial charge is 0.243 e. The molecular formula is C22H29N5O3. The van der Waals surface area contributed by atoms with Crippen LogP contribution in [0.15, 0.2) is 42.7 Å². The Balaban J connectivity index is 1.69. The number of nitrogens with zero attached hydrogens (tertiary/aromatic N) is 3.